The molecule has 1 amide bonds. The zero-order chi connectivity index (χ0) is 36.8. The molecule has 1 heterocycles. The topological polar surface area (TPSA) is 184 Å². The summed E-state index contributed by atoms with van der Waals surface area (Å²) in [6.45, 7) is 3.07. The number of hydrogen-bond donors (Lipinski definition) is 3. The van der Waals surface area contributed by atoms with Crippen LogP contribution in [0.4, 0.5) is 0 Å². The van der Waals surface area contributed by atoms with Gasteiger partial charge in [-0.25, -0.2) is 18.8 Å². The maximum absolute atomic E-state index is 14.6. The molecule has 52 heavy (non-hydrogen) atoms. The molecule has 14 heteroatoms. The van der Waals surface area contributed by atoms with Gasteiger partial charge in [-0.1, -0.05) is 65.8 Å². The summed E-state index contributed by atoms with van der Waals surface area (Å²) in [7, 11) is -3.86. The molecule has 13 nitrogen and oxygen atoms in total. The Kier molecular flexibility index (Phi) is 13.2. The van der Waals surface area contributed by atoms with E-state index in [1.165, 1.54) is 12.1 Å². The fourth-order valence-corrected chi connectivity index (χ4v) is 7.27. The summed E-state index contributed by atoms with van der Waals surface area (Å²) in [6.07, 6.45) is -0.329. The molecule has 0 unspecified atom stereocenters. The van der Waals surface area contributed by atoms with E-state index in [9.17, 15) is 13.2 Å². The van der Waals surface area contributed by atoms with Crippen molar-refractivity contribution < 1.29 is 32.5 Å². The molecule has 0 aromatic heterocycles. The minimum atomic E-state index is -3.86. The van der Waals surface area contributed by atoms with Crippen molar-refractivity contribution in [3.8, 4) is 11.5 Å². The molecule has 4 aromatic rings. The molecule has 0 saturated heterocycles. The molecule has 3 N–H and O–H groups in total. The maximum Gasteiger partial charge on any atom is 0.266 e. The molecule has 0 radical (unpaired) electrons. The second-order valence-electron chi connectivity index (χ2n) is 11.9. The Balaban J connectivity index is 1.52. The van der Waals surface area contributed by atoms with Crippen LogP contribution < -0.4 is 20.3 Å². The van der Waals surface area contributed by atoms with E-state index in [0.717, 1.165) is 11.3 Å². The van der Waals surface area contributed by atoms with Gasteiger partial charge in [0.15, 0.2) is 21.5 Å². The second kappa shape index (κ2) is 18.2. The Morgan fingerprint density at radius 1 is 0.981 bits per heavy atom. The number of para-hydroxylation sites is 1. The SMILES string of the molecule is CCOc1ccccc1CCNNC(=O)[C@@]1(CCS(=O)(=O)c2ccccc2)N=C(c2ccc(OCCCO)cc2)O[C@H]1c1ccccc1CN=[N+]=[N-]. The van der Waals surface area contributed by atoms with Crippen molar-refractivity contribution in [1.82, 2.24) is 10.9 Å². The molecule has 1 aliphatic heterocycles. The second-order valence-corrected chi connectivity index (χ2v) is 14.0. The highest BCUT2D eigenvalue weighted by atomic mass is 32.2. The molecule has 0 saturated carbocycles. The molecule has 272 valence electrons. The largest absolute Gasteiger partial charge is 0.494 e. The first-order chi connectivity index (χ1) is 25.3. The number of aliphatic imine (C=N–C) groups is 1. The van der Waals surface area contributed by atoms with Gasteiger partial charge in [0.1, 0.15) is 11.5 Å². The number of nitrogens with one attached hydrogen (secondary N) is 2. The lowest BCUT2D eigenvalue weighted by molar-refractivity contribution is -0.130. The smallest absolute Gasteiger partial charge is 0.266 e. The number of carbonyl (C=O) groups excluding carboxylic acids is 1. The minimum absolute atomic E-state index is 0.00479. The Hall–Kier alpha value is -5.40. The van der Waals surface area contributed by atoms with E-state index in [1.807, 2.05) is 31.2 Å². The van der Waals surface area contributed by atoms with E-state index in [2.05, 4.69) is 20.9 Å². The van der Waals surface area contributed by atoms with Gasteiger partial charge in [0.2, 0.25) is 5.90 Å². The van der Waals surface area contributed by atoms with E-state index in [4.69, 9.17) is 29.8 Å². The fourth-order valence-electron chi connectivity index (χ4n) is 5.88. The van der Waals surface area contributed by atoms with Crippen LogP contribution in [0.2, 0.25) is 0 Å². The Morgan fingerprint density at radius 3 is 2.42 bits per heavy atom. The van der Waals surface area contributed by atoms with Crippen LogP contribution in [0, 0.1) is 0 Å². The average Bonchev–Trinajstić information content (AvgIpc) is 3.57. The van der Waals surface area contributed by atoms with Crippen molar-refractivity contribution in [2.45, 2.75) is 49.3 Å². The number of benzene rings is 4. The van der Waals surface area contributed by atoms with Crippen LogP contribution in [0.3, 0.4) is 0 Å². The van der Waals surface area contributed by atoms with Crippen molar-refractivity contribution in [3.05, 3.63) is 136 Å². The lowest BCUT2D eigenvalue weighted by atomic mass is 9.83. The van der Waals surface area contributed by atoms with Gasteiger partial charge in [-0.05, 0) is 78.0 Å². The van der Waals surface area contributed by atoms with Crippen LogP contribution in [0.25, 0.3) is 10.4 Å². The monoisotopic (exact) mass is 726 g/mol. The number of hydrazine groups is 1. The van der Waals surface area contributed by atoms with Gasteiger partial charge in [-0.2, -0.15) is 0 Å². The van der Waals surface area contributed by atoms with Crippen molar-refractivity contribution in [2.24, 2.45) is 10.1 Å². The van der Waals surface area contributed by atoms with Crippen LogP contribution in [0.1, 0.15) is 48.1 Å². The van der Waals surface area contributed by atoms with Gasteiger partial charge in [-0.3, -0.25) is 10.2 Å². The summed E-state index contributed by atoms with van der Waals surface area (Å²) >= 11 is 0. The lowest BCUT2D eigenvalue weighted by Gasteiger charge is -2.31. The van der Waals surface area contributed by atoms with E-state index >= 15 is 0 Å². The first-order valence-electron chi connectivity index (χ1n) is 17.0. The fraction of sp³-hybridized carbons (Fsp3) is 0.316. The number of sulfone groups is 1. The summed E-state index contributed by atoms with van der Waals surface area (Å²) < 4.78 is 45.3. The number of amides is 1. The molecular formula is C38H42N6O7S. The Bertz CT molecular complexity index is 1990. The number of carbonyl (C=O) groups is 1. The minimum Gasteiger partial charge on any atom is -0.494 e. The van der Waals surface area contributed by atoms with E-state index in [0.29, 0.717) is 55.0 Å². The van der Waals surface area contributed by atoms with Gasteiger partial charge in [0.25, 0.3) is 5.91 Å². The van der Waals surface area contributed by atoms with Gasteiger partial charge in [0, 0.05) is 36.5 Å². The molecular weight excluding hydrogens is 685 g/mol. The zero-order valence-corrected chi connectivity index (χ0v) is 29.7. The third-order valence-corrected chi connectivity index (χ3v) is 10.3. The summed E-state index contributed by atoms with van der Waals surface area (Å²) in [5, 5.41) is 12.9. The summed E-state index contributed by atoms with van der Waals surface area (Å²) in [4.78, 5) is 22.5. The van der Waals surface area contributed by atoms with Crippen LogP contribution in [-0.4, -0.2) is 63.0 Å². The summed E-state index contributed by atoms with van der Waals surface area (Å²) in [5.74, 6) is 0.430. The Labute approximate surface area is 303 Å². The van der Waals surface area contributed by atoms with Crippen molar-refractivity contribution in [2.75, 3.05) is 32.1 Å². The lowest BCUT2D eigenvalue weighted by Crippen LogP contribution is -2.53. The molecule has 0 bridgehead atoms. The number of ether oxygens (including phenoxy) is 3. The first kappa shape index (κ1) is 37.8. The van der Waals surface area contributed by atoms with Crippen LogP contribution in [0.15, 0.2) is 118 Å². The predicted molar refractivity (Wildman–Crippen MR) is 197 cm³/mol. The van der Waals surface area contributed by atoms with Gasteiger partial charge < -0.3 is 19.3 Å². The first-order valence-corrected chi connectivity index (χ1v) is 18.7. The number of rotatable bonds is 19. The average molecular weight is 727 g/mol. The quantitative estimate of drug-likeness (QED) is 0.0364. The van der Waals surface area contributed by atoms with Crippen LogP contribution in [0.5, 0.6) is 11.5 Å². The molecule has 4 aromatic carbocycles. The number of aliphatic hydroxyl groups is 1. The van der Waals surface area contributed by atoms with Gasteiger partial charge in [0.05, 0.1) is 30.4 Å². The Morgan fingerprint density at radius 2 is 1.69 bits per heavy atom. The normalized spacial score (nSPS) is 16.7. The molecule has 0 fully saturated rings. The highest BCUT2D eigenvalue weighted by Gasteiger charge is 2.54. The molecule has 0 spiro atoms. The molecule has 1 aliphatic rings. The summed E-state index contributed by atoms with van der Waals surface area (Å²) in [5.41, 5.74) is 15.8. The zero-order valence-electron chi connectivity index (χ0n) is 28.9. The molecule has 2 atom stereocenters. The van der Waals surface area contributed by atoms with E-state index < -0.39 is 33.1 Å². The number of azide groups is 1. The predicted octanol–water partition coefficient (Wildman–Crippen LogP) is 5.64. The third-order valence-electron chi connectivity index (χ3n) is 8.52. The maximum atomic E-state index is 14.6. The molecule has 5 rings (SSSR count). The van der Waals surface area contributed by atoms with E-state index in [1.54, 1.807) is 66.7 Å². The van der Waals surface area contributed by atoms with Crippen molar-refractivity contribution in [3.63, 3.8) is 0 Å². The van der Waals surface area contributed by atoms with Crippen LogP contribution >= 0.6 is 0 Å². The number of hydrogen-bond acceptors (Lipinski definition) is 10. The van der Waals surface area contributed by atoms with E-state index in [-0.39, 0.29) is 30.4 Å². The standard InChI is InChI=1S/C38H42N6O7S/c1-2-49-34-16-9-7-11-28(34)21-23-40-43-37(46)38(22-26-52(47,48)32-13-4-3-5-14-32)35(33-15-8-6-12-30(33)27-41-44-39)51-36(42-38)29-17-19-31(20-18-29)50-25-10-24-45/h3-9,11-20,35,40,45H,2,10,21-27H2,1H3,(H,43,46)/t35-,38-/m0/s1. The van der Waals surface area contributed by atoms with Gasteiger partial charge in [-0.15, -0.1) is 0 Å². The van der Waals surface area contributed by atoms with Gasteiger partial charge >= 0.3 is 0 Å². The molecule has 0 aliphatic carbocycles. The summed E-state index contributed by atoms with van der Waals surface area (Å²) in [6, 6.07) is 29.7. The van der Waals surface area contributed by atoms with Crippen molar-refractivity contribution >= 4 is 21.6 Å². The highest BCUT2D eigenvalue weighted by molar-refractivity contribution is 7.91. The van der Waals surface area contributed by atoms with Crippen molar-refractivity contribution in [1.29, 1.82) is 0 Å². The number of aliphatic hydroxyl groups excluding tert-OH is 1. The third kappa shape index (κ3) is 9.28. The van der Waals surface area contributed by atoms with Crippen LogP contribution in [-0.2, 0) is 32.3 Å². The highest BCUT2D eigenvalue weighted by Crippen LogP contribution is 2.44. The number of nitrogens with zero attached hydrogens (tertiary/aromatic N) is 4.